The van der Waals surface area contributed by atoms with Crippen LogP contribution in [0.25, 0.3) is 0 Å². The molecule has 0 fully saturated rings. The van der Waals surface area contributed by atoms with Gasteiger partial charge >= 0.3 is 43.4 Å². The van der Waals surface area contributed by atoms with Gasteiger partial charge in [-0.2, -0.15) is 11.6 Å². The van der Waals surface area contributed by atoms with Crippen LogP contribution >= 0.6 is 0 Å². The molecule has 2 aliphatic carbocycles. The summed E-state index contributed by atoms with van der Waals surface area (Å²) < 4.78 is 0. The summed E-state index contributed by atoms with van der Waals surface area (Å²) in [6, 6.07) is 0. The van der Waals surface area contributed by atoms with Crippen molar-refractivity contribution in [1.29, 1.82) is 0 Å². The standard InChI is InChI=1S/C8H11.C7H9.6CH3.2Ti/c1-6-4-7(2)8(3)5-6;1-6-4-3-5-7(6)2;;;;;;;;/h4H2,1-3H3;3H,4H2,1-2H3;6*1H3;;/q8*-1;2*+4. The fourth-order valence-electron chi connectivity index (χ4n) is 1.63. The van der Waals surface area contributed by atoms with E-state index in [4.69, 9.17) is 0 Å². The monoisotopic (exact) mass is 386 g/mol. The van der Waals surface area contributed by atoms with Gasteiger partial charge in [0.05, 0.1) is 0 Å². The van der Waals surface area contributed by atoms with Crippen molar-refractivity contribution in [1.82, 2.24) is 0 Å². The zero-order valence-electron chi connectivity index (χ0n) is 17.5. The summed E-state index contributed by atoms with van der Waals surface area (Å²) in [6.45, 7) is 10.6. The Morgan fingerprint density at radius 1 is 0.696 bits per heavy atom. The molecule has 0 radical (unpaired) electrons. The van der Waals surface area contributed by atoms with Crippen LogP contribution in [0.2, 0.25) is 0 Å². The third-order valence-corrected chi connectivity index (χ3v) is 2.94. The summed E-state index contributed by atoms with van der Waals surface area (Å²) in [5.41, 5.74) is 6.96. The molecule has 2 heteroatoms. The Balaban J connectivity index is -0.0000000243. The van der Waals surface area contributed by atoms with E-state index in [1.165, 1.54) is 27.9 Å². The maximum Gasteiger partial charge on any atom is 4.00 e. The minimum atomic E-state index is 0. The van der Waals surface area contributed by atoms with Crippen LogP contribution in [0.15, 0.2) is 33.9 Å². The molecular weight excluding hydrogens is 348 g/mol. The molecule has 0 bridgehead atoms. The van der Waals surface area contributed by atoms with Gasteiger partial charge < -0.3 is 44.6 Å². The average Bonchev–Trinajstić information content (AvgIpc) is 2.63. The molecule has 0 N–H and O–H groups in total. The van der Waals surface area contributed by atoms with Crippen LogP contribution in [-0.2, 0) is 43.4 Å². The van der Waals surface area contributed by atoms with Crippen molar-refractivity contribution in [3.8, 4) is 0 Å². The summed E-state index contributed by atoms with van der Waals surface area (Å²) in [6.07, 6.45) is 10.7. The van der Waals surface area contributed by atoms with Crippen LogP contribution in [-0.4, -0.2) is 0 Å². The van der Waals surface area contributed by atoms with Gasteiger partial charge in [0.2, 0.25) is 0 Å². The summed E-state index contributed by atoms with van der Waals surface area (Å²) in [5, 5.41) is 0. The van der Waals surface area contributed by atoms with Crippen molar-refractivity contribution in [2.24, 2.45) is 0 Å². The quantitative estimate of drug-likeness (QED) is 0.304. The smallest absolute Gasteiger partial charge is 0.358 e. The first-order valence-corrected chi connectivity index (χ1v) is 5.51. The van der Waals surface area contributed by atoms with Gasteiger partial charge in [-0.25, -0.2) is 28.4 Å². The second kappa shape index (κ2) is 24.6. The van der Waals surface area contributed by atoms with Gasteiger partial charge in [0.25, 0.3) is 0 Å². The van der Waals surface area contributed by atoms with Gasteiger partial charge in [-0.3, -0.25) is 6.08 Å². The molecule has 0 atom stereocenters. The van der Waals surface area contributed by atoms with Gasteiger partial charge in [-0.05, 0) is 0 Å². The molecule has 0 aromatic carbocycles. The summed E-state index contributed by atoms with van der Waals surface area (Å²) in [5.74, 6) is 0. The number of hydrogen-bond acceptors (Lipinski definition) is 0. The van der Waals surface area contributed by atoms with E-state index in [-0.39, 0.29) is 88.0 Å². The zero-order valence-corrected chi connectivity index (χ0v) is 20.6. The first-order chi connectivity index (χ1) is 7.00. The molecular formula is C21H38Ti2. The molecule has 0 saturated heterocycles. The predicted molar refractivity (Wildman–Crippen MR) is 105 cm³/mol. The van der Waals surface area contributed by atoms with Gasteiger partial charge in [0.15, 0.2) is 0 Å². The van der Waals surface area contributed by atoms with Crippen molar-refractivity contribution in [3.63, 3.8) is 0 Å². The van der Waals surface area contributed by atoms with E-state index >= 15 is 0 Å². The first kappa shape index (κ1) is 49.5. The third-order valence-electron chi connectivity index (χ3n) is 2.94. The zero-order chi connectivity index (χ0) is 11.4. The molecule has 130 valence electrons. The van der Waals surface area contributed by atoms with Crippen molar-refractivity contribution < 1.29 is 43.4 Å². The summed E-state index contributed by atoms with van der Waals surface area (Å²) in [7, 11) is 0. The number of hydrogen-bond donors (Lipinski definition) is 0. The molecule has 0 amide bonds. The Hall–Kier alpha value is 0.389. The Morgan fingerprint density at radius 2 is 1.13 bits per heavy atom. The molecule has 0 saturated carbocycles. The molecule has 0 nitrogen and oxygen atoms in total. The van der Waals surface area contributed by atoms with Gasteiger partial charge in [0, 0.05) is 0 Å². The van der Waals surface area contributed by atoms with Crippen LogP contribution in [0.4, 0.5) is 0 Å². The first-order valence-electron chi connectivity index (χ1n) is 5.51. The SMILES string of the molecule is CC1=C(C)CC=[C-]1.CC1=[C-]C(C)=C(C)C1.[CH3-].[CH3-].[CH3-].[CH3-].[CH3-].[CH3-].[Ti+4].[Ti+4]. The molecule has 0 heterocycles. The fraction of sp³-hybridized carbons (Fsp3) is 0.333. The Labute approximate surface area is 180 Å². The van der Waals surface area contributed by atoms with E-state index in [1.807, 2.05) is 0 Å². The van der Waals surface area contributed by atoms with Crippen LogP contribution in [0, 0.1) is 56.7 Å². The summed E-state index contributed by atoms with van der Waals surface area (Å²) >= 11 is 0. The van der Waals surface area contributed by atoms with Crippen molar-refractivity contribution >= 4 is 0 Å². The fourth-order valence-corrected chi connectivity index (χ4v) is 1.63. The van der Waals surface area contributed by atoms with E-state index in [0.29, 0.717) is 0 Å². The normalized spacial score (nSPS) is 12.7. The minimum Gasteiger partial charge on any atom is -0.358 e. The molecule has 0 unspecified atom stereocenters. The second-order valence-corrected chi connectivity index (χ2v) is 4.45. The van der Waals surface area contributed by atoms with Crippen molar-refractivity contribution in [2.45, 2.75) is 47.5 Å². The minimum absolute atomic E-state index is 0. The van der Waals surface area contributed by atoms with E-state index < -0.39 is 0 Å². The topological polar surface area (TPSA) is 0 Å². The van der Waals surface area contributed by atoms with E-state index in [0.717, 1.165) is 12.8 Å². The second-order valence-electron chi connectivity index (χ2n) is 4.45. The van der Waals surface area contributed by atoms with Crippen LogP contribution in [0.1, 0.15) is 47.5 Å². The number of rotatable bonds is 0. The van der Waals surface area contributed by atoms with Gasteiger partial charge in [-0.15, -0.1) is 13.8 Å². The van der Waals surface area contributed by atoms with Crippen LogP contribution in [0.5, 0.6) is 0 Å². The Bertz CT molecular complexity index is 369. The molecule has 0 aliphatic heterocycles. The van der Waals surface area contributed by atoms with Crippen LogP contribution in [0.3, 0.4) is 0 Å². The summed E-state index contributed by atoms with van der Waals surface area (Å²) in [4.78, 5) is 0. The van der Waals surface area contributed by atoms with Crippen molar-refractivity contribution in [2.75, 3.05) is 0 Å². The van der Waals surface area contributed by atoms with E-state index in [1.54, 1.807) is 0 Å². The molecule has 2 aliphatic rings. The third kappa shape index (κ3) is 18.6. The molecule has 0 spiro atoms. The molecule has 2 rings (SSSR count). The largest absolute Gasteiger partial charge is 4.00 e. The van der Waals surface area contributed by atoms with E-state index in [2.05, 4.69) is 52.8 Å². The van der Waals surface area contributed by atoms with Crippen molar-refractivity contribution in [3.05, 3.63) is 90.7 Å². The predicted octanol–water partition coefficient (Wildman–Crippen LogP) is 7.26. The average molecular weight is 386 g/mol. The molecule has 0 aromatic rings. The van der Waals surface area contributed by atoms with Crippen LogP contribution < -0.4 is 0 Å². The van der Waals surface area contributed by atoms with Gasteiger partial charge in [0.1, 0.15) is 0 Å². The van der Waals surface area contributed by atoms with E-state index in [9.17, 15) is 0 Å². The molecule has 0 aromatic heterocycles. The maximum atomic E-state index is 3.26. The number of allylic oxidation sites excluding steroid dienone is 8. The van der Waals surface area contributed by atoms with Gasteiger partial charge in [-0.1, -0.05) is 33.6 Å². The molecule has 23 heavy (non-hydrogen) atoms. The Morgan fingerprint density at radius 3 is 1.22 bits per heavy atom. The maximum absolute atomic E-state index is 3.26. The Kier molecular flexibility index (Phi) is 53.0.